The molecule has 9 atom stereocenters. The zero-order valence-corrected chi connectivity index (χ0v) is 24.9. The normalized spacial score (nSPS) is 40.8. The van der Waals surface area contributed by atoms with E-state index >= 15 is 0 Å². The number of esters is 1. The lowest BCUT2D eigenvalue weighted by atomic mass is 9.37. The van der Waals surface area contributed by atoms with E-state index in [1.165, 1.54) is 7.11 Å². The van der Waals surface area contributed by atoms with E-state index in [0.29, 0.717) is 31.1 Å². The fraction of sp³-hybridized carbons (Fsp3) is 0.935. The minimum atomic E-state index is -1.19. The Morgan fingerprint density at radius 2 is 1.59 bits per heavy atom. The number of aldehydes is 1. The van der Waals surface area contributed by atoms with Crippen molar-refractivity contribution < 1.29 is 29.6 Å². The molecule has 6 heteroatoms. The van der Waals surface area contributed by atoms with Crippen molar-refractivity contribution in [2.45, 2.75) is 130 Å². The molecule has 3 saturated carbocycles. The van der Waals surface area contributed by atoms with E-state index < -0.39 is 22.7 Å². The van der Waals surface area contributed by atoms with Crippen molar-refractivity contribution in [3.63, 3.8) is 0 Å². The smallest absolute Gasteiger partial charge is 0.311 e. The van der Waals surface area contributed by atoms with Crippen molar-refractivity contribution in [1.29, 1.82) is 0 Å². The SMILES string of the molecule is COC(=O)C(C)(C)[C@@H]1CC[C@]2(C)[C@H](CC[C@@H]3[C@@H]([C@](C)(O)CC[C@@H](O)C(C)(C)O)CC[C@]32C)[C@@]1(C)CC=O. The molecule has 214 valence electrons. The molecule has 0 heterocycles. The summed E-state index contributed by atoms with van der Waals surface area (Å²) in [4.78, 5) is 24.9. The van der Waals surface area contributed by atoms with Gasteiger partial charge in [-0.3, -0.25) is 4.79 Å². The molecule has 0 aliphatic heterocycles. The maximum Gasteiger partial charge on any atom is 0.311 e. The maximum absolute atomic E-state index is 12.9. The second kappa shape index (κ2) is 9.89. The van der Waals surface area contributed by atoms with Crippen LogP contribution in [0.1, 0.15) is 113 Å². The Bertz CT molecular complexity index is 858. The number of aliphatic hydroxyl groups is 3. The van der Waals surface area contributed by atoms with Crippen LogP contribution in [0.5, 0.6) is 0 Å². The molecule has 0 spiro atoms. The predicted octanol–water partition coefficient (Wildman–Crippen LogP) is 5.30. The van der Waals surface area contributed by atoms with Crippen LogP contribution in [0, 0.1) is 45.3 Å². The Hall–Kier alpha value is -0.980. The highest BCUT2D eigenvalue weighted by Crippen LogP contribution is 2.74. The van der Waals surface area contributed by atoms with Crippen LogP contribution in [0.4, 0.5) is 0 Å². The molecule has 0 bridgehead atoms. The van der Waals surface area contributed by atoms with Crippen LogP contribution in [0.2, 0.25) is 0 Å². The Labute approximate surface area is 224 Å². The molecule has 3 aliphatic carbocycles. The van der Waals surface area contributed by atoms with Gasteiger partial charge in [0.05, 0.1) is 29.8 Å². The van der Waals surface area contributed by atoms with Gasteiger partial charge < -0.3 is 24.9 Å². The minimum absolute atomic E-state index is 0.00614. The maximum atomic E-state index is 12.9. The van der Waals surface area contributed by atoms with E-state index in [2.05, 4.69) is 20.8 Å². The van der Waals surface area contributed by atoms with Crippen LogP contribution in [0.3, 0.4) is 0 Å². The van der Waals surface area contributed by atoms with Crippen LogP contribution in [0.25, 0.3) is 0 Å². The van der Waals surface area contributed by atoms with Crippen LogP contribution < -0.4 is 0 Å². The summed E-state index contributed by atoms with van der Waals surface area (Å²) in [5.41, 5.74) is -3.08. The van der Waals surface area contributed by atoms with Gasteiger partial charge in [0.1, 0.15) is 6.29 Å². The van der Waals surface area contributed by atoms with Crippen molar-refractivity contribution in [3.05, 3.63) is 0 Å². The predicted molar refractivity (Wildman–Crippen MR) is 145 cm³/mol. The summed E-state index contributed by atoms with van der Waals surface area (Å²) in [5.74, 6) is 0.636. The van der Waals surface area contributed by atoms with Gasteiger partial charge in [-0.25, -0.2) is 0 Å². The van der Waals surface area contributed by atoms with Crippen LogP contribution in [-0.2, 0) is 14.3 Å². The van der Waals surface area contributed by atoms with E-state index in [1.54, 1.807) is 13.8 Å². The van der Waals surface area contributed by atoms with Crippen molar-refractivity contribution in [2.75, 3.05) is 7.11 Å². The molecule has 3 fully saturated rings. The van der Waals surface area contributed by atoms with E-state index in [0.717, 1.165) is 44.8 Å². The molecule has 3 rings (SSSR count). The molecule has 0 amide bonds. The summed E-state index contributed by atoms with van der Waals surface area (Å²) >= 11 is 0. The van der Waals surface area contributed by atoms with Gasteiger partial charge in [-0.1, -0.05) is 20.8 Å². The zero-order chi connectivity index (χ0) is 28.2. The Morgan fingerprint density at radius 1 is 1.00 bits per heavy atom. The number of carbonyl (C=O) groups excluding carboxylic acids is 2. The number of ether oxygens (including phenoxy) is 1. The lowest BCUT2D eigenvalue weighted by Crippen LogP contribution is -2.62. The van der Waals surface area contributed by atoms with Crippen molar-refractivity contribution >= 4 is 12.3 Å². The molecule has 6 nitrogen and oxygen atoms in total. The largest absolute Gasteiger partial charge is 0.469 e. The number of aliphatic hydroxyl groups excluding tert-OH is 1. The van der Waals surface area contributed by atoms with E-state index in [1.807, 2.05) is 20.8 Å². The summed E-state index contributed by atoms with van der Waals surface area (Å²) in [6.45, 7) is 16.2. The highest BCUT2D eigenvalue weighted by atomic mass is 16.5. The Balaban J connectivity index is 1.92. The van der Waals surface area contributed by atoms with Gasteiger partial charge >= 0.3 is 5.97 Å². The molecule has 0 radical (unpaired) electrons. The first kappa shape index (κ1) is 30.6. The number of carbonyl (C=O) groups is 2. The fourth-order valence-electron chi connectivity index (χ4n) is 9.88. The third-order valence-corrected chi connectivity index (χ3v) is 12.3. The van der Waals surface area contributed by atoms with Crippen molar-refractivity contribution in [1.82, 2.24) is 0 Å². The molecule has 37 heavy (non-hydrogen) atoms. The molecule has 3 aliphatic rings. The average Bonchev–Trinajstić information content (AvgIpc) is 3.15. The highest BCUT2D eigenvalue weighted by molar-refractivity contribution is 5.76. The van der Waals surface area contributed by atoms with Gasteiger partial charge in [0, 0.05) is 6.42 Å². The summed E-state index contributed by atoms with van der Waals surface area (Å²) in [6.07, 6.45) is 7.24. The number of hydrogen-bond donors (Lipinski definition) is 3. The number of hydrogen-bond acceptors (Lipinski definition) is 6. The quantitative estimate of drug-likeness (QED) is 0.280. The van der Waals surface area contributed by atoms with Crippen LogP contribution >= 0.6 is 0 Å². The van der Waals surface area contributed by atoms with Gasteiger partial charge in [-0.2, -0.15) is 0 Å². The molecule has 3 N–H and O–H groups in total. The van der Waals surface area contributed by atoms with E-state index in [9.17, 15) is 24.9 Å². The Morgan fingerprint density at radius 3 is 2.14 bits per heavy atom. The van der Waals surface area contributed by atoms with E-state index in [-0.39, 0.29) is 34.1 Å². The zero-order valence-electron chi connectivity index (χ0n) is 24.9. The standard InChI is InChI=1S/C31H54O6/c1-26(2,25(34)37-9)22-13-16-30(7)23(28(22,5)18-19-32)11-10-20-21(12-15-29(20,30)6)31(8,36)17-14-24(33)27(3,4)35/h19-24,33,35-36H,10-18H2,1-9H3/t20-,21+,22+,23-,24-,28+,29-,30-,31-/m1/s1. The summed E-state index contributed by atoms with van der Waals surface area (Å²) in [6, 6.07) is 0. The minimum Gasteiger partial charge on any atom is -0.469 e. The topological polar surface area (TPSA) is 104 Å². The monoisotopic (exact) mass is 522 g/mol. The first-order chi connectivity index (χ1) is 16.8. The second-order valence-electron chi connectivity index (χ2n) is 15.0. The van der Waals surface area contributed by atoms with Gasteiger partial charge in [-0.05, 0) is 126 Å². The van der Waals surface area contributed by atoms with Gasteiger partial charge in [0.25, 0.3) is 0 Å². The molecule has 0 unspecified atom stereocenters. The van der Waals surface area contributed by atoms with Crippen LogP contribution in [0.15, 0.2) is 0 Å². The number of fused-ring (bicyclic) bond motifs is 3. The first-order valence-corrected chi connectivity index (χ1v) is 14.5. The van der Waals surface area contributed by atoms with Gasteiger partial charge in [0.15, 0.2) is 0 Å². The van der Waals surface area contributed by atoms with Gasteiger partial charge in [-0.15, -0.1) is 0 Å². The third-order valence-electron chi connectivity index (χ3n) is 12.3. The lowest BCUT2D eigenvalue weighted by molar-refractivity contribution is -0.203. The van der Waals surface area contributed by atoms with Crippen molar-refractivity contribution in [2.24, 2.45) is 45.3 Å². The molecular weight excluding hydrogens is 468 g/mol. The molecule has 0 aromatic rings. The van der Waals surface area contributed by atoms with Crippen molar-refractivity contribution in [3.8, 4) is 0 Å². The summed E-state index contributed by atoms with van der Waals surface area (Å²) in [5, 5.41) is 32.3. The number of methoxy groups -OCH3 is 1. The van der Waals surface area contributed by atoms with E-state index in [4.69, 9.17) is 4.74 Å². The Kier molecular flexibility index (Phi) is 8.17. The first-order valence-electron chi connectivity index (χ1n) is 14.5. The number of rotatable bonds is 9. The fourth-order valence-corrected chi connectivity index (χ4v) is 9.88. The summed E-state index contributed by atoms with van der Waals surface area (Å²) < 4.78 is 5.21. The third kappa shape index (κ3) is 4.82. The molecule has 0 saturated heterocycles. The molecular formula is C31H54O6. The molecule has 0 aromatic carbocycles. The average molecular weight is 523 g/mol. The lowest BCUT2D eigenvalue weighted by Gasteiger charge is -2.67. The summed E-state index contributed by atoms with van der Waals surface area (Å²) in [7, 11) is 1.45. The van der Waals surface area contributed by atoms with Gasteiger partial charge in [0.2, 0.25) is 0 Å². The molecule has 0 aromatic heterocycles. The second-order valence-corrected chi connectivity index (χ2v) is 15.0. The van der Waals surface area contributed by atoms with Crippen LogP contribution in [-0.4, -0.2) is 52.0 Å². The highest BCUT2D eigenvalue weighted by Gasteiger charge is 2.68.